The third-order valence-corrected chi connectivity index (χ3v) is 5.82. The van der Waals surface area contributed by atoms with Crippen LogP contribution in [0.25, 0.3) is 10.9 Å². The van der Waals surface area contributed by atoms with E-state index in [2.05, 4.69) is 26.0 Å². The van der Waals surface area contributed by atoms with E-state index in [0.29, 0.717) is 27.3 Å². The molecule has 1 aromatic heterocycles. The van der Waals surface area contributed by atoms with Crippen molar-refractivity contribution >= 4 is 50.6 Å². The molecule has 1 heterocycles. The van der Waals surface area contributed by atoms with Crippen molar-refractivity contribution in [2.45, 2.75) is 39.2 Å². The van der Waals surface area contributed by atoms with Crippen LogP contribution in [0.4, 0.5) is 0 Å². The summed E-state index contributed by atoms with van der Waals surface area (Å²) in [6, 6.07) is 8.36. The van der Waals surface area contributed by atoms with E-state index in [0.717, 1.165) is 10.9 Å². The molecular weight excluding hydrogens is 514 g/mol. The van der Waals surface area contributed by atoms with Crippen LogP contribution in [0.15, 0.2) is 44.7 Å². The van der Waals surface area contributed by atoms with Crippen molar-refractivity contribution in [3.05, 3.63) is 61.6 Å². The molecule has 0 aliphatic heterocycles. The first-order chi connectivity index (χ1) is 15.7. The number of hydrogen-bond acceptors (Lipinski definition) is 6. The van der Waals surface area contributed by atoms with Gasteiger partial charge >= 0.3 is 5.97 Å². The molecule has 0 bridgehead atoms. The fourth-order valence-electron chi connectivity index (χ4n) is 3.09. The number of methoxy groups -OCH3 is 1. The molecule has 0 amide bonds. The summed E-state index contributed by atoms with van der Waals surface area (Å²) in [5, 5.41) is 14.4. The molecule has 0 saturated heterocycles. The van der Waals surface area contributed by atoms with Crippen molar-refractivity contribution in [3.8, 4) is 11.5 Å². The number of halogens is 2. The minimum absolute atomic E-state index is 0.0421. The monoisotopic (exact) mass is 535 g/mol. The molecule has 0 unspecified atom stereocenters. The van der Waals surface area contributed by atoms with Gasteiger partial charge in [-0.25, -0.2) is 9.78 Å². The number of aliphatic carboxylic acids is 1. The van der Waals surface area contributed by atoms with Crippen LogP contribution in [0.1, 0.15) is 44.5 Å². The molecule has 0 aliphatic carbocycles. The van der Waals surface area contributed by atoms with Crippen molar-refractivity contribution in [1.29, 1.82) is 0 Å². The van der Waals surface area contributed by atoms with E-state index in [9.17, 15) is 14.7 Å². The second-order valence-electron chi connectivity index (χ2n) is 7.43. The van der Waals surface area contributed by atoms with Crippen LogP contribution < -0.4 is 15.0 Å². The maximum absolute atomic E-state index is 13.3. The number of benzene rings is 2. The summed E-state index contributed by atoms with van der Waals surface area (Å²) >= 11 is 9.60. The number of ether oxygens (including phenoxy) is 2. The number of carboxylic acid groups (broad SMARTS) is 1. The van der Waals surface area contributed by atoms with Crippen LogP contribution in [0, 0.1) is 0 Å². The highest BCUT2D eigenvalue weighted by molar-refractivity contribution is 9.10. The molecule has 0 spiro atoms. The fourth-order valence-corrected chi connectivity index (χ4v) is 3.67. The molecule has 0 saturated carbocycles. The predicted octanol–water partition coefficient (Wildman–Crippen LogP) is 5.07. The number of carboxylic acids is 1. The average molecular weight is 537 g/mol. The van der Waals surface area contributed by atoms with Crippen LogP contribution in [-0.2, 0) is 4.79 Å². The number of nitrogens with zero attached hydrogens (tertiary/aromatic N) is 3. The normalized spacial score (nSPS) is 13.3. The second-order valence-corrected chi connectivity index (χ2v) is 8.78. The third-order valence-electron chi connectivity index (χ3n) is 5.11. The van der Waals surface area contributed by atoms with E-state index in [1.165, 1.54) is 31.0 Å². The molecule has 1 N–H and O–H groups in total. The lowest BCUT2D eigenvalue weighted by Gasteiger charge is -2.17. The maximum Gasteiger partial charge on any atom is 0.344 e. The van der Waals surface area contributed by atoms with Crippen molar-refractivity contribution in [2.75, 3.05) is 7.11 Å². The Morgan fingerprint density at radius 2 is 2.06 bits per heavy atom. The summed E-state index contributed by atoms with van der Waals surface area (Å²) in [6.45, 7) is 5.36. The van der Waals surface area contributed by atoms with Gasteiger partial charge in [0.15, 0.2) is 17.6 Å². The summed E-state index contributed by atoms with van der Waals surface area (Å²) in [5.74, 6) is -0.291. The lowest BCUT2D eigenvalue weighted by atomic mass is 10.1. The Kier molecular flexibility index (Phi) is 7.76. The summed E-state index contributed by atoms with van der Waals surface area (Å²) in [7, 11) is 1.42. The van der Waals surface area contributed by atoms with E-state index in [1.54, 1.807) is 18.2 Å². The Morgan fingerprint density at radius 3 is 2.70 bits per heavy atom. The molecule has 3 rings (SSSR count). The standard InChI is InChI=1S/C23H23BrClN3O5/c1-5-12(2)21-27-18-7-6-15(24)9-17(18)22(29)28(21)26-11-14-8-16(25)10-19(32-4)20(14)33-13(3)23(30)31/h6-13H,5H2,1-4H3,(H,30,31)/t12-,13+/m0/s1. The van der Waals surface area contributed by atoms with Gasteiger partial charge in [0.1, 0.15) is 5.82 Å². The summed E-state index contributed by atoms with van der Waals surface area (Å²) in [5.41, 5.74) is 0.598. The molecule has 10 heteroatoms. The van der Waals surface area contributed by atoms with E-state index in [1.807, 2.05) is 19.9 Å². The number of carbonyl (C=O) groups is 1. The SMILES string of the molecule is CC[C@H](C)c1nc2ccc(Br)cc2c(=O)n1N=Cc1cc(Cl)cc(OC)c1O[C@H](C)C(=O)O. The summed E-state index contributed by atoms with van der Waals surface area (Å²) in [4.78, 5) is 29.3. The van der Waals surface area contributed by atoms with E-state index in [4.69, 9.17) is 21.1 Å². The first-order valence-electron chi connectivity index (χ1n) is 10.2. The van der Waals surface area contributed by atoms with Crippen LogP contribution >= 0.6 is 27.5 Å². The summed E-state index contributed by atoms with van der Waals surface area (Å²) < 4.78 is 12.9. The number of aromatic nitrogens is 2. The minimum Gasteiger partial charge on any atom is -0.493 e. The van der Waals surface area contributed by atoms with E-state index >= 15 is 0 Å². The van der Waals surface area contributed by atoms with Gasteiger partial charge in [0.25, 0.3) is 5.56 Å². The van der Waals surface area contributed by atoms with Gasteiger partial charge in [-0.2, -0.15) is 9.78 Å². The van der Waals surface area contributed by atoms with Gasteiger partial charge in [-0.1, -0.05) is 41.4 Å². The van der Waals surface area contributed by atoms with Crippen LogP contribution in [-0.4, -0.2) is 40.2 Å². The predicted molar refractivity (Wildman–Crippen MR) is 131 cm³/mol. The molecule has 3 aromatic rings. The lowest BCUT2D eigenvalue weighted by molar-refractivity contribution is -0.144. The second kappa shape index (κ2) is 10.4. The van der Waals surface area contributed by atoms with Crippen LogP contribution in [0.3, 0.4) is 0 Å². The van der Waals surface area contributed by atoms with Crippen molar-refractivity contribution in [3.63, 3.8) is 0 Å². The van der Waals surface area contributed by atoms with Crippen LogP contribution in [0.5, 0.6) is 11.5 Å². The maximum atomic E-state index is 13.3. The highest BCUT2D eigenvalue weighted by Gasteiger charge is 2.20. The molecule has 8 nitrogen and oxygen atoms in total. The van der Waals surface area contributed by atoms with Crippen LogP contribution in [0.2, 0.25) is 5.02 Å². The molecule has 2 aromatic carbocycles. The van der Waals surface area contributed by atoms with Crippen molar-refractivity contribution in [2.24, 2.45) is 5.10 Å². The number of fused-ring (bicyclic) bond motifs is 1. The Labute approximate surface area is 203 Å². The Morgan fingerprint density at radius 1 is 1.33 bits per heavy atom. The first-order valence-corrected chi connectivity index (χ1v) is 11.4. The van der Waals surface area contributed by atoms with Gasteiger partial charge in [0.05, 0.1) is 24.2 Å². The molecule has 0 radical (unpaired) electrons. The molecule has 0 fully saturated rings. The van der Waals surface area contributed by atoms with Gasteiger partial charge in [0.2, 0.25) is 0 Å². The molecular formula is C23H23BrClN3O5. The topological polar surface area (TPSA) is 103 Å². The van der Waals surface area contributed by atoms with Gasteiger partial charge in [0, 0.05) is 27.0 Å². The zero-order chi connectivity index (χ0) is 24.3. The Balaban J connectivity index is 2.21. The number of rotatable bonds is 8. The zero-order valence-electron chi connectivity index (χ0n) is 18.5. The smallest absolute Gasteiger partial charge is 0.344 e. The van der Waals surface area contributed by atoms with Gasteiger partial charge in [-0.15, -0.1) is 0 Å². The Bertz CT molecular complexity index is 1290. The highest BCUT2D eigenvalue weighted by Crippen LogP contribution is 2.35. The molecule has 2 atom stereocenters. The number of hydrogen-bond donors (Lipinski definition) is 1. The average Bonchev–Trinajstić information content (AvgIpc) is 2.79. The van der Waals surface area contributed by atoms with Gasteiger partial charge in [-0.3, -0.25) is 4.79 Å². The van der Waals surface area contributed by atoms with Gasteiger partial charge in [-0.05, 0) is 37.6 Å². The minimum atomic E-state index is -1.15. The summed E-state index contributed by atoms with van der Waals surface area (Å²) in [6.07, 6.45) is 0.988. The van der Waals surface area contributed by atoms with E-state index < -0.39 is 12.1 Å². The largest absolute Gasteiger partial charge is 0.493 e. The van der Waals surface area contributed by atoms with Crippen molar-refractivity contribution < 1.29 is 19.4 Å². The first kappa shape index (κ1) is 24.7. The van der Waals surface area contributed by atoms with Gasteiger partial charge < -0.3 is 14.6 Å². The molecule has 174 valence electrons. The van der Waals surface area contributed by atoms with Crippen molar-refractivity contribution in [1.82, 2.24) is 9.66 Å². The fraction of sp³-hybridized carbons (Fsp3) is 0.304. The highest BCUT2D eigenvalue weighted by atomic mass is 79.9. The third kappa shape index (κ3) is 5.36. The zero-order valence-corrected chi connectivity index (χ0v) is 20.8. The molecule has 0 aliphatic rings. The van der Waals surface area contributed by atoms with E-state index in [-0.39, 0.29) is 23.0 Å². The lowest BCUT2D eigenvalue weighted by Crippen LogP contribution is -2.24. The quantitative estimate of drug-likeness (QED) is 0.403. The molecule has 33 heavy (non-hydrogen) atoms. The Hall–Kier alpha value is -2.91.